The number of nitrogens with zero attached hydrogens (tertiary/aromatic N) is 4. The van der Waals surface area contributed by atoms with E-state index in [0.29, 0.717) is 23.0 Å². The van der Waals surface area contributed by atoms with Crippen LogP contribution in [0.1, 0.15) is 5.01 Å². The predicted molar refractivity (Wildman–Crippen MR) is 67.5 cm³/mol. The second kappa shape index (κ2) is 6.02. The first kappa shape index (κ1) is 14.5. The summed E-state index contributed by atoms with van der Waals surface area (Å²) in [5.74, 6) is 0. The van der Waals surface area contributed by atoms with Crippen LogP contribution in [-0.2, 0) is 6.18 Å². The van der Waals surface area contributed by atoms with Crippen LogP contribution in [0, 0.1) is 0 Å². The van der Waals surface area contributed by atoms with Gasteiger partial charge in [-0.15, -0.1) is 10.2 Å². The smallest absolute Gasteiger partial charge is 0.348 e. The molecule has 0 atom stereocenters. The lowest BCUT2D eigenvalue weighted by Crippen LogP contribution is -2.46. The Hall–Kier alpha value is -0.930. The van der Waals surface area contributed by atoms with Crippen molar-refractivity contribution >= 4 is 16.5 Å². The number of rotatable bonds is 4. The first-order valence-corrected chi connectivity index (χ1v) is 6.83. The molecule has 2 rings (SSSR count). The molecular formula is C10H16F3N5S. The molecule has 0 aliphatic carbocycles. The van der Waals surface area contributed by atoms with Crippen LogP contribution >= 0.6 is 11.3 Å². The van der Waals surface area contributed by atoms with E-state index in [2.05, 4.69) is 20.4 Å². The van der Waals surface area contributed by atoms with Gasteiger partial charge in [0.2, 0.25) is 10.1 Å². The van der Waals surface area contributed by atoms with E-state index in [1.807, 2.05) is 0 Å². The number of hydrogen-bond donors (Lipinski definition) is 1. The molecule has 0 unspecified atom stereocenters. The highest BCUT2D eigenvalue weighted by Crippen LogP contribution is 2.33. The standard InChI is InChI=1S/C10H16F3N5S/c1-17(6-7-18-4-2-14-3-5-18)9-16-15-8(19-9)10(11,12)13/h14H,2-7H2,1H3. The van der Waals surface area contributed by atoms with Gasteiger partial charge in [-0.25, -0.2) is 0 Å². The van der Waals surface area contributed by atoms with Crippen molar-refractivity contribution in [3.8, 4) is 0 Å². The highest BCUT2D eigenvalue weighted by atomic mass is 32.1. The fraction of sp³-hybridized carbons (Fsp3) is 0.800. The van der Waals surface area contributed by atoms with Gasteiger partial charge < -0.3 is 10.2 Å². The van der Waals surface area contributed by atoms with Gasteiger partial charge >= 0.3 is 6.18 Å². The fourth-order valence-corrected chi connectivity index (χ4v) is 2.51. The Morgan fingerprint density at radius 1 is 1.32 bits per heavy atom. The highest BCUT2D eigenvalue weighted by molar-refractivity contribution is 7.15. The molecule has 1 aromatic heterocycles. The second-order valence-electron chi connectivity index (χ2n) is 4.40. The summed E-state index contributed by atoms with van der Waals surface area (Å²) in [6, 6.07) is 0. The molecule has 1 N–H and O–H groups in total. The number of likely N-dealkylation sites (N-methyl/N-ethyl adjacent to an activating group) is 1. The van der Waals surface area contributed by atoms with Crippen molar-refractivity contribution in [2.45, 2.75) is 6.18 Å². The van der Waals surface area contributed by atoms with Crippen molar-refractivity contribution < 1.29 is 13.2 Å². The number of alkyl halides is 3. The molecule has 1 saturated heterocycles. The van der Waals surface area contributed by atoms with Crippen LogP contribution in [-0.4, -0.2) is 61.4 Å². The van der Waals surface area contributed by atoms with Crippen molar-refractivity contribution in [3.63, 3.8) is 0 Å². The van der Waals surface area contributed by atoms with Gasteiger partial charge in [-0.1, -0.05) is 11.3 Å². The zero-order valence-electron chi connectivity index (χ0n) is 10.6. The van der Waals surface area contributed by atoms with E-state index >= 15 is 0 Å². The zero-order valence-corrected chi connectivity index (χ0v) is 11.4. The summed E-state index contributed by atoms with van der Waals surface area (Å²) < 4.78 is 37.2. The number of anilines is 1. The molecule has 2 heterocycles. The highest BCUT2D eigenvalue weighted by Gasteiger charge is 2.36. The number of hydrogen-bond acceptors (Lipinski definition) is 6. The molecule has 0 saturated carbocycles. The minimum Gasteiger partial charge on any atom is -0.348 e. The van der Waals surface area contributed by atoms with E-state index in [1.165, 1.54) is 0 Å². The molecule has 0 radical (unpaired) electrons. The van der Waals surface area contributed by atoms with Crippen molar-refractivity contribution in [2.75, 3.05) is 51.2 Å². The maximum atomic E-state index is 12.4. The van der Waals surface area contributed by atoms with Crippen LogP contribution in [0.4, 0.5) is 18.3 Å². The fourth-order valence-electron chi connectivity index (χ4n) is 1.81. The van der Waals surface area contributed by atoms with Crippen LogP contribution in [0.25, 0.3) is 0 Å². The molecule has 1 fully saturated rings. The van der Waals surface area contributed by atoms with Crippen LogP contribution < -0.4 is 10.2 Å². The number of nitrogens with one attached hydrogen (secondary N) is 1. The summed E-state index contributed by atoms with van der Waals surface area (Å²) in [6.45, 7) is 5.32. The van der Waals surface area contributed by atoms with Gasteiger partial charge in [0.25, 0.3) is 0 Å². The van der Waals surface area contributed by atoms with Crippen molar-refractivity contribution in [3.05, 3.63) is 5.01 Å². The number of halogens is 3. The van der Waals surface area contributed by atoms with Gasteiger partial charge in [0.1, 0.15) is 0 Å². The van der Waals surface area contributed by atoms with E-state index in [4.69, 9.17) is 0 Å². The number of piperazine rings is 1. The van der Waals surface area contributed by atoms with E-state index < -0.39 is 11.2 Å². The molecule has 1 aliphatic rings. The summed E-state index contributed by atoms with van der Waals surface area (Å²) in [5.41, 5.74) is 0. The lowest BCUT2D eigenvalue weighted by atomic mass is 10.3. The van der Waals surface area contributed by atoms with E-state index in [1.54, 1.807) is 11.9 Å². The van der Waals surface area contributed by atoms with E-state index in [-0.39, 0.29) is 0 Å². The van der Waals surface area contributed by atoms with Gasteiger partial charge in [0, 0.05) is 46.3 Å². The average Bonchev–Trinajstić information content (AvgIpc) is 2.87. The molecule has 19 heavy (non-hydrogen) atoms. The second-order valence-corrected chi connectivity index (χ2v) is 5.36. The Bertz CT molecular complexity index is 402. The van der Waals surface area contributed by atoms with Crippen molar-refractivity contribution in [2.24, 2.45) is 0 Å². The third-order valence-corrected chi connectivity index (χ3v) is 4.03. The van der Waals surface area contributed by atoms with Gasteiger partial charge in [0.15, 0.2) is 0 Å². The third kappa shape index (κ3) is 4.02. The van der Waals surface area contributed by atoms with Crippen molar-refractivity contribution in [1.29, 1.82) is 0 Å². The Labute approximate surface area is 113 Å². The van der Waals surface area contributed by atoms with E-state index in [0.717, 1.165) is 32.7 Å². The monoisotopic (exact) mass is 295 g/mol. The zero-order chi connectivity index (χ0) is 13.9. The van der Waals surface area contributed by atoms with Gasteiger partial charge in [-0.2, -0.15) is 13.2 Å². The normalized spacial score (nSPS) is 17.7. The molecule has 108 valence electrons. The molecule has 5 nitrogen and oxygen atoms in total. The van der Waals surface area contributed by atoms with Gasteiger partial charge in [-0.3, -0.25) is 4.90 Å². The molecule has 0 bridgehead atoms. The van der Waals surface area contributed by atoms with Crippen LogP contribution in [0.5, 0.6) is 0 Å². The Balaban J connectivity index is 1.85. The van der Waals surface area contributed by atoms with E-state index in [9.17, 15) is 13.2 Å². The molecule has 9 heteroatoms. The Morgan fingerprint density at radius 2 is 2.00 bits per heavy atom. The largest absolute Gasteiger partial charge is 0.445 e. The quantitative estimate of drug-likeness (QED) is 0.894. The van der Waals surface area contributed by atoms with Crippen LogP contribution in [0.15, 0.2) is 0 Å². The Morgan fingerprint density at radius 3 is 2.58 bits per heavy atom. The maximum Gasteiger partial charge on any atom is 0.445 e. The topological polar surface area (TPSA) is 44.3 Å². The molecule has 1 aromatic rings. The molecular weight excluding hydrogens is 279 g/mol. The maximum absolute atomic E-state index is 12.4. The third-order valence-electron chi connectivity index (χ3n) is 2.94. The minimum absolute atomic E-state index is 0.308. The summed E-state index contributed by atoms with van der Waals surface area (Å²) >= 11 is 0.582. The summed E-state index contributed by atoms with van der Waals surface area (Å²) in [7, 11) is 1.74. The van der Waals surface area contributed by atoms with Crippen LogP contribution in [0.3, 0.4) is 0 Å². The lowest BCUT2D eigenvalue weighted by molar-refractivity contribution is -0.138. The number of aromatic nitrogens is 2. The molecule has 0 aromatic carbocycles. The average molecular weight is 295 g/mol. The van der Waals surface area contributed by atoms with Gasteiger partial charge in [-0.05, 0) is 0 Å². The minimum atomic E-state index is -4.41. The first-order valence-electron chi connectivity index (χ1n) is 6.02. The Kier molecular flexibility index (Phi) is 4.58. The van der Waals surface area contributed by atoms with Crippen molar-refractivity contribution in [1.82, 2.24) is 20.4 Å². The van der Waals surface area contributed by atoms with Gasteiger partial charge in [0.05, 0.1) is 0 Å². The predicted octanol–water partition coefficient (Wildman–Crippen LogP) is 0.898. The summed E-state index contributed by atoms with van der Waals surface area (Å²) in [4.78, 5) is 3.99. The molecule has 0 spiro atoms. The van der Waals surface area contributed by atoms with Crippen LogP contribution in [0.2, 0.25) is 0 Å². The lowest BCUT2D eigenvalue weighted by Gasteiger charge is -2.28. The molecule has 0 amide bonds. The molecule has 1 aliphatic heterocycles. The summed E-state index contributed by atoms with van der Waals surface area (Å²) in [6.07, 6.45) is -4.41. The summed E-state index contributed by atoms with van der Waals surface area (Å²) in [5, 5.41) is 9.44. The SMILES string of the molecule is CN(CCN1CCNCC1)c1nnc(C(F)(F)F)s1. The first-order chi connectivity index (χ1) is 8.97.